The Bertz CT molecular complexity index is 760. The lowest BCUT2D eigenvalue weighted by Crippen LogP contribution is -2.33. The zero-order valence-electron chi connectivity index (χ0n) is 13.4. The van der Waals surface area contributed by atoms with Crippen LogP contribution < -0.4 is 5.48 Å². The molecule has 1 amide bonds. The van der Waals surface area contributed by atoms with E-state index in [9.17, 15) is 9.90 Å². The number of nitrogens with zero attached hydrogens (tertiary/aromatic N) is 1. The molecule has 1 saturated carbocycles. The van der Waals surface area contributed by atoms with E-state index < -0.39 is 29.0 Å². The molecule has 0 unspecified atom stereocenters. The first kappa shape index (κ1) is 16.5. The average molecular weight is 330 g/mol. The summed E-state index contributed by atoms with van der Waals surface area (Å²) in [5.74, 6) is -2.53. The molecule has 126 valence electrons. The summed E-state index contributed by atoms with van der Waals surface area (Å²) in [5.41, 5.74) is -0.357. The van der Waals surface area contributed by atoms with Crippen molar-refractivity contribution in [3.05, 3.63) is 65.5 Å². The SMILES string of the molecule is CC(C)(O)c1cc([C@@H]2[C@@H](c3ccccc3)[C@@]2(F)C(=O)NO)ccn1. The third-order valence-electron chi connectivity index (χ3n) is 4.51. The van der Waals surface area contributed by atoms with Crippen molar-refractivity contribution in [3.8, 4) is 0 Å². The molecule has 24 heavy (non-hydrogen) atoms. The van der Waals surface area contributed by atoms with Crippen molar-refractivity contribution in [3.63, 3.8) is 0 Å². The number of nitrogens with one attached hydrogen (secondary N) is 1. The summed E-state index contributed by atoms with van der Waals surface area (Å²) in [6.07, 6.45) is 1.49. The van der Waals surface area contributed by atoms with E-state index in [1.165, 1.54) is 11.7 Å². The number of alkyl halides is 1. The summed E-state index contributed by atoms with van der Waals surface area (Å²) in [5, 5.41) is 19.0. The Kier molecular flexibility index (Phi) is 3.89. The van der Waals surface area contributed by atoms with Gasteiger partial charge in [-0.2, -0.15) is 0 Å². The van der Waals surface area contributed by atoms with Gasteiger partial charge < -0.3 is 5.11 Å². The van der Waals surface area contributed by atoms with Crippen LogP contribution in [0.5, 0.6) is 0 Å². The summed E-state index contributed by atoms with van der Waals surface area (Å²) in [4.78, 5) is 16.1. The Morgan fingerprint density at radius 1 is 1.21 bits per heavy atom. The molecule has 1 aliphatic carbocycles. The number of rotatable bonds is 4. The fraction of sp³-hybridized carbons (Fsp3) is 0.333. The molecular weight excluding hydrogens is 311 g/mol. The molecule has 0 spiro atoms. The second-order valence-electron chi connectivity index (χ2n) is 6.61. The van der Waals surface area contributed by atoms with E-state index in [0.29, 0.717) is 16.8 Å². The van der Waals surface area contributed by atoms with Gasteiger partial charge in [0.15, 0.2) is 0 Å². The van der Waals surface area contributed by atoms with Gasteiger partial charge in [0.2, 0.25) is 5.67 Å². The van der Waals surface area contributed by atoms with Crippen LogP contribution in [-0.4, -0.2) is 26.9 Å². The molecule has 0 bridgehead atoms. The number of hydroxylamine groups is 1. The number of pyridine rings is 1. The van der Waals surface area contributed by atoms with Gasteiger partial charge in [-0.05, 0) is 37.1 Å². The molecule has 2 aromatic rings. The molecule has 0 radical (unpaired) electrons. The van der Waals surface area contributed by atoms with Crippen LogP contribution >= 0.6 is 0 Å². The second-order valence-corrected chi connectivity index (χ2v) is 6.61. The van der Waals surface area contributed by atoms with E-state index in [-0.39, 0.29) is 0 Å². The third-order valence-corrected chi connectivity index (χ3v) is 4.51. The minimum atomic E-state index is -2.24. The van der Waals surface area contributed by atoms with Crippen LogP contribution in [-0.2, 0) is 10.4 Å². The van der Waals surface area contributed by atoms with Crippen LogP contribution in [0.1, 0.15) is 42.5 Å². The maximum atomic E-state index is 15.4. The van der Waals surface area contributed by atoms with Crippen LogP contribution in [0.2, 0.25) is 0 Å². The number of hydrogen-bond donors (Lipinski definition) is 3. The predicted octanol–water partition coefficient (Wildman–Crippen LogP) is 2.40. The van der Waals surface area contributed by atoms with E-state index >= 15 is 4.39 Å². The average Bonchev–Trinajstić information content (AvgIpc) is 3.21. The molecule has 3 N–H and O–H groups in total. The van der Waals surface area contributed by atoms with Crippen LogP contribution in [0.15, 0.2) is 48.7 Å². The number of carbonyl (C=O) groups excluding carboxylic acids is 1. The number of halogens is 1. The molecule has 0 aliphatic heterocycles. The Hall–Kier alpha value is -2.31. The quantitative estimate of drug-likeness (QED) is 0.594. The van der Waals surface area contributed by atoms with E-state index in [2.05, 4.69) is 4.98 Å². The smallest absolute Gasteiger partial charge is 0.282 e. The van der Waals surface area contributed by atoms with Gasteiger partial charge in [0.25, 0.3) is 5.91 Å². The van der Waals surface area contributed by atoms with Gasteiger partial charge in [-0.1, -0.05) is 30.3 Å². The van der Waals surface area contributed by atoms with Crippen molar-refractivity contribution in [1.82, 2.24) is 10.5 Å². The van der Waals surface area contributed by atoms with Gasteiger partial charge >= 0.3 is 0 Å². The van der Waals surface area contributed by atoms with Gasteiger partial charge in [0, 0.05) is 18.0 Å². The fourth-order valence-corrected chi connectivity index (χ4v) is 3.23. The van der Waals surface area contributed by atoms with Crippen LogP contribution in [0, 0.1) is 0 Å². The molecule has 1 heterocycles. The van der Waals surface area contributed by atoms with Crippen molar-refractivity contribution in [2.45, 2.75) is 37.0 Å². The van der Waals surface area contributed by atoms with Gasteiger partial charge in [-0.25, -0.2) is 9.87 Å². The Morgan fingerprint density at radius 3 is 2.42 bits per heavy atom. The van der Waals surface area contributed by atoms with E-state index in [1.54, 1.807) is 50.2 Å². The summed E-state index contributed by atoms with van der Waals surface area (Å²) in [6, 6.07) is 12.1. The minimum Gasteiger partial charge on any atom is -0.384 e. The predicted molar refractivity (Wildman–Crippen MR) is 85.2 cm³/mol. The van der Waals surface area contributed by atoms with Crippen LogP contribution in [0.25, 0.3) is 0 Å². The molecule has 1 aromatic heterocycles. The zero-order chi connectivity index (χ0) is 17.5. The Morgan fingerprint density at radius 2 is 1.83 bits per heavy atom. The minimum absolute atomic E-state index is 0.394. The first-order chi connectivity index (χ1) is 11.3. The lowest BCUT2D eigenvalue weighted by molar-refractivity contribution is -0.136. The summed E-state index contributed by atoms with van der Waals surface area (Å²) < 4.78 is 15.4. The van der Waals surface area contributed by atoms with Gasteiger partial charge in [0.1, 0.15) is 5.60 Å². The highest BCUT2D eigenvalue weighted by Gasteiger charge is 2.72. The number of carbonyl (C=O) groups is 1. The molecule has 1 fully saturated rings. The molecule has 6 heteroatoms. The molecule has 3 rings (SSSR count). The number of hydrogen-bond acceptors (Lipinski definition) is 4. The monoisotopic (exact) mass is 330 g/mol. The molecule has 0 saturated heterocycles. The van der Waals surface area contributed by atoms with Crippen LogP contribution in [0.4, 0.5) is 4.39 Å². The number of aliphatic hydroxyl groups is 1. The first-order valence-corrected chi connectivity index (χ1v) is 7.67. The Labute approximate surface area is 139 Å². The van der Waals surface area contributed by atoms with Crippen molar-refractivity contribution < 1.29 is 19.5 Å². The summed E-state index contributed by atoms with van der Waals surface area (Å²) in [6.45, 7) is 3.17. The summed E-state index contributed by atoms with van der Waals surface area (Å²) >= 11 is 0. The first-order valence-electron chi connectivity index (χ1n) is 7.67. The normalized spacial score (nSPS) is 26.0. The molecule has 1 aromatic carbocycles. The van der Waals surface area contributed by atoms with Gasteiger partial charge in [0.05, 0.1) is 5.69 Å². The molecule has 5 nitrogen and oxygen atoms in total. The molecule has 3 atom stereocenters. The second kappa shape index (κ2) is 5.65. The lowest BCUT2D eigenvalue weighted by atomic mass is 9.99. The topological polar surface area (TPSA) is 82.5 Å². The van der Waals surface area contributed by atoms with Crippen molar-refractivity contribution in [1.29, 1.82) is 0 Å². The van der Waals surface area contributed by atoms with Gasteiger partial charge in [-0.15, -0.1) is 0 Å². The highest BCUT2D eigenvalue weighted by atomic mass is 19.1. The number of amides is 1. The van der Waals surface area contributed by atoms with Gasteiger partial charge in [-0.3, -0.25) is 15.0 Å². The van der Waals surface area contributed by atoms with Crippen molar-refractivity contribution in [2.24, 2.45) is 0 Å². The maximum Gasteiger partial charge on any atom is 0.282 e. The standard InChI is InChI=1S/C18H19FN2O3/c1-17(2,23)13-10-12(8-9-20-13)15-14(11-6-4-3-5-7-11)18(15,19)16(22)21-24/h3-10,14-15,23-24H,1-2H3,(H,21,22)/t14-,15-,18+/m1/s1. The molecule has 1 aliphatic rings. The summed E-state index contributed by atoms with van der Waals surface area (Å²) in [7, 11) is 0. The van der Waals surface area contributed by atoms with E-state index in [0.717, 1.165) is 0 Å². The zero-order valence-corrected chi connectivity index (χ0v) is 13.4. The Balaban J connectivity index is 2.04. The van der Waals surface area contributed by atoms with Crippen molar-refractivity contribution >= 4 is 5.91 Å². The number of benzene rings is 1. The fourth-order valence-electron chi connectivity index (χ4n) is 3.23. The lowest BCUT2D eigenvalue weighted by Gasteiger charge is -2.17. The van der Waals surface area contributed by atoms with Crippen LogP contribution in [0.3, 0.4) is 0 Å². The van der Waals surface area contributed by atoms with Crippen molar-refractivity contribution in [2.75, 3.05) is 0 Å². The highest BCUT2D eigenvalue weighted by molar-refractivity contribution is 5.92. The largest absolute Gasteiger partial charge is 0.384 e. The third kappa shape index (κ3) is 2.57. The molecular formula is C18H19FN2O3. The van der Waals surface area contributed by atoms with E-state index in [1.807, 2.05) is 6.07 Å². The maximum absolute atomic E-state index is 15.4. The van der Waals surface area contributed by atoms with E-state index in [4.69, 9.17) is 5.21 Å². The number of aromatic nitrogens is 1. The highest BCUT2D eigenvalue weighted by Crippen LogP contribution is 2.66.